The Morgan fingerprint density at radius 2 is 2.07 bits per heavy atom. The Morgan fingerprint density at radius 1 is 1.40 bits per heavy atom. The Labute approximate surface area is 97.8 Å². The van der Waals surface area contributed by atoms with E-state index in [0.717, 1.165) is 18.4 Å². The molecule has 1 aliphatic carbocycles. The molecule has 0 amide bonds. The molecule has 1 aromatic carbocycles. The molecule has 0 spiro atoms. The highest BCUT2D eigenvalue weighted by Crippen LogP contribution is 2.49. The Kier molecular flexibility index (Phi) is 2.65. The summed E-state index contributed by atoms with van der Waals surface area (Å²) in [4.78, 5) is 11.0. The summed E-state index contributed by atoms with van der Waals surface area (Å²) in [7, 11) is 0. The van der Waals surface area contributed by atoms with Crippen molar-refractivity contribution in [2.45, 2.75) is 19.3 Å². The fourth-order valence-electron chi connectivity index (χ4n) is 1.66. The van der Waals surface area contributed by atoms with Crippen LogP contribution in [0.5, 0.6) is 0 Å². The van der Waals surface area contributed by atoms with Crippen molar-refractivity contribution in [1.82, 2.24) is 0 Å². The van der Waals surface area contributed by atoms with E-state index in [-0.39, 0.29) is 0 Å². The Bertz CT molecular complexity index is 411. The first-order chi connectivity index (χ1) is 7.03. The van der Waals surface area contributed by atoms with Gasteiger partial charge >= 0.3 is 5.97 Å². The van der Waals surface area contributed by atoms with Gasteiger partial charge in [0.05, 0.1) is 5.41 Å². The predicted molar refractivity (Wildman–Crippen MR) is 59.5 cm³/mol. The lowest BCUT2D eigenvalue weighted by molar-refractivity contribution is -0.143. The van der Waals surface area contributed by atoms with Crippen LogP contribution in [0.2, 0.25) is 10.0 Å². The van der Waals surface area contributed by atoms with Crippen molar-refractivity contribution < 1.29 is 9.90 Å². The van der Waals surface area contributed by atoms with Crippen LogP contribution >= 0.6 is 23.2 Å². The van der Waals surface area contributed by atoms with Gasteiger partial charge in [0.2, 0.25) is 0 Å². The zero-order chi connectivity index (χ0) is 11.1. The van der Waals surface area contributed by atoms with Crippen molar-refractivity contribution >= 4 is 29.2 Å². The first-order valence-electron chi connectivity index (χ1n) is 4.71. The Morgan fingerprint density at radius 3 is 2.60 bits per heavy atom. The molecular weight excluding hydrogens is 235 g/mol. The third-order valence-corrected chi connectivity index (χ3v) is 3.45. The number of hydrogen-bond acceptors (Lipinski definition) is 1. The minimum absolute atomic E-state index is 0.474. The maximum Gasteiger partial charge on any atom is 0.309 e. The van der Waals surface area contributed by atoms with Gasteiger partial charge in [-0.3, -0.25) is 4.79 Å². The highest BCUT2D eigenvalue weighted by molar-refractivity contribution is 6.33. The molecule has 0 aromatic heterocycles. The average molecular weight is 245 g/mol. The summed E-state index contributed by atoms with van der Waals surface area (Å²) in [5.41, 5.74) is 0.234. The fraction of sp³-hybridized carbons (Fsp3) is 0.364. The van der Waals surface area contributed by atoms with Crippen molar-refractivity contribution in [3.8, 4) is 0 Å². The monoisotopic (exact) mass is 244 g/mol. The van der Waals surface area contributed by atoms with Gasteiger partial charge in [-0.1, -0.05) is 23.2 Å². The van der Waals surface area contributed by atoms with Gasteiger partial charge in [0, 0.05) is 10.0 Å². The minimum atomic E-state index is -0.737. The highest BCUT2D eigenvalue weighted by Gasteiger charge is 2.50. The number of halogens is 2. The number of aliphatic carboxylic acids is 1. The lowest BCUT2D eigenvalue weighted by Gasteiger charge is -2.11. The second-order valence-electron chi connectivity index (χ2n) is 4.00. The fourth-order valence-corrected chi connectivity index (χ4v) is 2.04. The summed E-state index contributed by atoms with van der Waals surface area (Å²) in [5, 5.41) is 10.2. The second kappa shape index (κ2) is 3.69. The number of carbonyl (C=O) groups is 1. The van der Waals surface area contributed by atoms with E-state index in [0.29, 0.717) is 16.5 Å². The summed E-state index contributed by atoms with van der Waals surface area (Å²) in [6.45, 7) is 0. The van der Waals surface area contributed by atoms with Gasteiger partial charge < -0.3 is 5.11 Å². The molecule has 1 saturated carbocycles. The molecule has 1 N–H and O–H groups in total. The van der Waals surface area contributed by atoms with Gasteiger partial charge in [0.15, 0.2) is 0 Å². The molecule has 0 bridgehead atoms. The quantitative estimate of drug-likeness (QED) is 0.885. The van der Waals surface area contributed by atoms with Gasteiger partial charge in [-0.05, 0) is 43.0 Å². The standard InChI is InChI=1S/C11H10Cl2O2/c12-8-1-2-9(13)7(5-8)6-11(3-4-11)10(14)15/h1-2,5H,3-4,6H2,(H,14,15). The van der Waals surface area contributed by atoms with Crippen LogP contribution in [0.25, 0.3) is 0 Å². The molecular formula is C11H10Cl2O2. The van der Waals surface area contributed by atoms with Crippen molar-refractivity contribution in [3.63, 3.8) is 0 Å². The number of carboxylic acids is 1. The Hall–Kier alpha value is -0.730. The van der Waals surface area contributed by atoms with Crippen molar-refractivity contribution in [2.75, 3.05) is 0 Å². The molecule has 0 unspecified atom stereocenters. The van der Waals surface area contributed by atoms with Crippen LogP contribution in [0.4, 0.5) is 0 Å². The van der Waals surface area contributed by atoms with Crippen molar-refractivity contribution in [1.29, 1.82) is 0 Å². The molecule has 2 nitrogen and oxygen atoms in total. The topological polar surface area (TPSA) is 37.3 Å². The van der Waals surface area contributed by atoms with E-state index in [9.17, 15) is 4.79 Å². The van der Waals surface area contributed by atoms with E-state index in [1.165, 1.54) is 0 Å². The van der Waals surface area contributed by atoms with Gasteiger partial charge in [-0.15, -0.1) is 0 Å². The zero-order valence-electron chi connectivity index (χ0n) is 7.96. The molecule has 1 aromatic rings. The highest BCUT2D eigenvalue weighted by atomic mass is 35.5. The maximum absolute atomic E-state index is 11.0. The first-order valence-corrected chi connectivity index (χ1v) is 5.46. The number of carboxylic acid groups (broad SMARTS) is 1. The molecule has 0 radical (unpaired) electrons. The molecule has 80 valence electrons. The van der Waals surface area contributed by atoms with Crippen LogP contribution in [0, 0.1) is 5.41 Å². The van der Waals surface area contributed by atoms with E-state index in [4.69, 9.17) is 28.3 Å². The molecule has 0 aliphatic heterocycles. The van der Waals surface area contributed by atoms with Crippen LogP contribution in [0.15, 0.2) is 18.2 Å². The zero-order valence-corrected chi connectivity index (χ0v) is 9.48. The lowest BCUT2D eigenvalue weighted by atomic mass is 9.97. The van der Waals surface area contributed by atoms with E-state index in [1.807, 2.05) is 0 Å². The van der Waals surface area contributed by atoms with Crippen LogP contribution in [-0.2, 0) is 11.2 Å². The summed E-state index contributed by atoms with van der Waals surface area (Å²) < 4.78 is 0. The molecule has 1 fully saturated rings. The van der Waals surface area contributed by atoms with E-state index in [1.54, 1.807) is 18.2 Å². The molecule has 1 aliphatic rings. The largest absolute Gasteiger partial charge is 0.481 e. The molecule has 2 rings (SSSR count). The van der Waals surface area contributed by atoms with Gasteiger partial charge in [0.1, 0.15) is 0 Å². The van der Waals surface area contributed by atoms with Crippen LogP contribution < -0.4 is 0 Å². The van der Waals surface area contributed by atoms with E-state index >= 15 is 0 Å². The molecule has 0 saturated heterocycles. The molecule has 15 heavy (non-hydrogen) atoms. The average Bonchev–Trinajstić information content (AvgIpc) is 2.92. The van der Waals surface area contributed by atoms with Crippen LogP contribution in [0.3, 0.4) is 0 Å². The number of rotatable bonds is 3. The third kappa shape index (κ3) is 2.11. The first kappa shape index (κ1) is 10.8. The van der Waals surface area contributed by atoms with Crippen molar-refractivity contribution in [3.05, 3.63) is 33.8 Å². The van der Waals surface area contributed by atoms with Crippen molar-refractivity contribution in [2.24, 2.45) is 5.41 Å². The normalized spacial score (nSPS) is 17.5. The smallest absolute Gasteiger partial charge is 0.309 e. The molecule has 0 atom stereocenters. The van der Waals surface area contributed by atoms with Gasteiger partial charge in [-0.2, -0.15) is 0 Å². The summed E-state index contributed by atoms with van der Waals surface area (Å²) >= 11 is 11.8. The van der Waals surface area contributed by atoms with Crippen LogP contribution in [0.1, 0.15) is 18.4 Å². The van der Waals surface area contributed by atoms with Gasteiger partial charge in [0.25, 0.3) is 0 Å². The third-order valence-electron chi connectivity index (χ3n) is 2.84. The lowest BCUT2D eigenvalue weighted by Crippen LogP contribution is -2.17. The SMILES string of the molecule is O=C(O)C1(Cc2cc(Cl)ccc2Cl)CC1. The minimum Gasteiger partial charge on any atom is -0.481 e. The number of benzene rings is 1. The van der Waals surface area contributed by atoms with Crippen LogP contribution in [-0.4, -0.2) is 11.1 Å². The Balaban J connectivity index is 2.24. The van der Waals surface area contributed by atoms with E-state index in [2.05, 4.69) is 0 Å². The molecule has 4 heteroatoms. The summed E-state index contributed by atoms with van der Waals surface area (Å²) in [6, 6.07) is 5.15. The predicted octanol–water partition coefficient (Wildman–Crippen LogP) is 3.40. The van der Waals surface area contributed by atoms with E-state index < -0.39 is 11.4 Å². The maximum atomic E-state index is 11.0. The number of hydrogen-bond donors (Lipinski definition) is 1. The second-order valence-corrected chi connectivity index (χ2v) is 4.84. The molecule has 0 heterocycles. The summed E-state index contributed by atoms with van der Waals surface area (Å²) in [5.74, 6) is -0.737. The summed E-state index contributed by atoms with van der Waals surface area (Å²) in [6.07, 6.45) is 1.93. The van der Waals surface area contributed by atoms with Gasteiger partial charge in [-0.25, -0.2) is 0 Å².